The molecule has 2 aliphatic heterocycles. The molecular weight excluding hydrogens is 440 g/mol. The summed E-state index contributed by atoms with van der Waals surface area (Å²) in [5.74, 6) is -0.879. The number of carbonyl (C=O) groups is 1. The van der Waals surface area contributed by atoms with Crippen LogP contribution in [-0.4, -0.2) is 64.9 Å². The average molecular weight is 464 g/mol. The summed E-state index contributed by atoms with van der Waals surface area (Å²) in [5.41, 5.74) is 1.72. The zero-order valence-electron chi connectivity index (χ0n) is 17.8. The van der Waals surface area contributed by atoms with Crippen LogP contribution in [-0.2, 0) is 0 Å². The van der Waals surface area contributed by atoms with E-state index in [1.54, 1.807) is 13.8 Å². The molecule has 32 heavy (non-hydrogen) atoms. The average Bonchev–Trinajstić information content (AvgIpc) is 3.13. The quantitative estimate of drug-likeness (QED) is 0.726. The van der Waals surface area contributed by atoms with Crippen LogP contribution in [0.1, 0.15) is 39.9 Å². The van der Waals surface area contributed by atoms with E-state index in [1.165, 1.54) is 17.0 Å². The Hall–Kier alpha value is -2.65. The molecule has 1 aromatic carbocycles. The number of ether oxygens (including phenoxy) is 1. The number of hydrogen-bond acceptors (Lipinski definition) is 6. The highest BCUT2D eigenvalue weighted by atomic mass is 35.5. The van der Waals surface area contributed by atoms with Gasteiger partial charge in [0, 0.05) is 37.8 Å². The smallest absolute Gasteiger partial charge is 0.257 e. The van der Waals surface area contributed by atoms with Crippen LogP contribution in [0.5, 0.6) is 5.75 Å². The van der Waals surface area contributed by atoms with Crippen molar-refractivity contribution < 1.29 is 18.3 Å². The molecule has 0 aliphatic carbocycles. The summed E-state index contributed by atoms with van der Waals surface area (Å²) in [6.45, 7) is 4.51. The van der Waals surface area contributed by atoms with Crippen LogP contribution in [0.25, 0.3) is 0 Å². The van der Waals surface area contributed by atoms with Crippen LogP contribution < -0.4 is 10.1 Å². The summed E-state index contributed by atoms with van der Waals surface area (Å²) in [5, 5.41) is 11.8. The van der Waals surface area contributed by atoms with Crippen molar-refractivity contribution in [2.75, 3.05) is 26.2 Å². The number of hydrogen-bond donors (Lipinski definition) is 2. The summed E-state index contributed by atoms with van der Waals surface area (Å²) in [7, 11) is 0. The second-order valence-corrected chi connectivity index (χ2v) is 8.58. The second kappa shape index (κ2) is 9.07. The Morgan fingerprint density at radius 2 is 2.00 bits per heavy atom. The van der Waals surface area contributed by atoms with Crippen LogP contribution in [0.3, 0.4) is 0 Å². The maximum absolute atomic E-state index is 13.9. The van der Waals surface area contributed by atoms with Gasteiger partial charge in [-0.05, 0) is 26.0 Å². The molecule has 2 aliphatic rings. The van der Waals surface area contributed by atoms with Crippen molar-refractivity contribution in [2.45, 2.75) is 38.5 Å². The summed E-state index contributed by atoms with van der Waals surface area (Å²) in [4.78, 5) is 23.6. The van der Waals surface area contributed by atoms with E-state index in [0.29, 0.717) is 34.5 Å². The summed E-state index contributed by atoms with van der Waals surface area (Å²) < 4.78 is 33.4. The van der Waals surface area contributed by atoms with Gasteiger partial charge in [0.2, 0.25) is 0 Å². The van der Waals surface area contributed by atoms with Crippen molar-refractivity contribution in [1.82, 2.24) is 20.2 Å². The number of piperidine rings is 1. The zero-order valence-corrected chi connectivity index (χ0v) is 18.5. The maximum Gasteiger partial charge on any atom is 0.257 e. The predicted octanol–water partition coefficient (Wildman–Crippen LogP) is 3.22. The standard InChI is InChI=1S/C22H24ClF2N5O2/c1-11-20(23)12(2)29-21(28-11)17-9-30(10-18(17)26)22(31)16-4-3-13(24)6-19(16)32-15-5-14(25)7-27-8-15/h3-4,6,14-15,17,26-27H,5,7-10H2,1-2H3. The number of halogens is 3. The van der Waals surface area contributed by atoms with Crippen molar-refractivity contribution >= 4 is 23.2 Å². The van der Waals surface area contributed by atoms with Crippen molar-refractivity contribution in [3.63, 3.8) is 0 Å². The van der Waals surface area contributed by atoms with Gasteiger partial charge in [0.05, 0.1) is 34.4 Å². The molecule has 1 aromatic heterocycles. The first-order valence-electron chi connectivity index (χ1n) is 10.4. The summed E-state index contributed by atoms with van der Waals surface area (Å²) in [6, 6.07) is 3.69. The molecule has 0 spiro atoms. The summed E-state index contributed by atoms with van der Waals surface area (Å²) in [6.07, 6.45) is -1.40. The molecule has 1 amide bonds. The number of rotatable bonds is 4. The highest BCUT2D eigenvalue weighted by Crippen LogP contribution is 2.29. The molecule has 170 valence electrons. The molecule has 2 aromatic rings. The number of likely N-dealkylation sites (tertiary alicyclic amines) is 1. The Labute approximate surface area is 189 Å². The minimum absolute atomic E-state index is 0.0697. The van der Waals surface area contributed by atoms with Crippen LogP contribution in [0, 0.1) is 25.1 Å². The van der Waals surface area contributed by atoms with Gasteiger partial charge >= 0.3 is 0 Å². The first-order valence-corrected chi connectivity index (χ1v) is 10.8. The van der Waals surface area contributed by atoms with Gasteiger partial charge in [0.25, 0.3) is 5.91 Å². The van der Waals surface area contributed by atoms with Gasteiger partial charge in [-0.1, -0.05) is 11.6 Å². The fourth-order valence-corrected chi connectivity index (χ4v) is 4.14. The van der Waals surface area contributed by atoms with Gasteiger partial charge in [0.15, 0.2) is 0 Å². The van der Waals surface area contributed by atoms with Gasteiger partial charge < -0.3 is 20.4 Å². The van der Waals surface area contributed by atoms with E-state index in [2.05, 4.69) is 15.3 Å². The van der Waals surface area contributed by atoms with Gasteiger partial charge in [0.1, 0.15) is 29.7 Å². The van der Waals surface area contributed by atoms with Crippen LogP contribution in [0.15, 0.2) is 18.2 Å². The number of nitrogens with one attached hydrogen (secondary N) is 2. The normalized spacial score (nSPS) is 23.5. The van der Waals surface area contributed by atoms with E-state index in [-0.39, 0.29) is 37.4 Å². The number of nitrogens with zero attached hydrogens (tertiary/aromatic N) is 3. The van der Waals surface area contributed by atoms with Crippen molar-refractivity contribution in [1.29, 1.82) is 5.41 Å². The number of aryl methyl sites for hydroxylation is 2. The molecule has 10 heteroatoms. The van der Waals surface area contributed by atoms with Crippen molar-refractivity contribution in [2.24, 2.45) is 0 Å². The Morgan fingerprint density at radius 3 is 2.69 bits per heavy atom. The van der Waals surface area contributed by atoms with Crippen LogP contribution >= 0.6 is 11.6 Å². The maximum atomic E-state index is 13.9. The highest BCUT2D eigenvalue weighted by molar-refractivity contribution is 6.31. The minimum Gasteiger partial charge on any atom is -0.488 e. The fourth-order valence-electron chi connectivity index (χ4n) is 4.05. The third-order valence-electron chi connectivity index (χ3n) is 5.71. The number of amides is 1. The number of aromatic nitrogens is 2. The Morgan fingerprint density at radius 1 is 1.28 bits per heavy atom. The molecule has 3 heterocycles. The van der Waals surface area contributed by atoms with E-state index >= 15 is 0 Å². The molecule has 7 nitrogen and oxygen atoms in total. The molecule has 3 atom stereocenters. The van der Waals surface area contributed by atoms with Gasteiger partial charge in [-0.25, -0.2) is 18.7 Å². The van der Waals surface area contributed by atoms with E-state index in [0.717, 1.165) is 6.07 Å². The fraction of sp³-hybridized carbons (Fsp3) is 0.455. The topological polar surface area (TPSA) is 91.2 Å². The van der Waals surface area contributed by atoms with Crippen molar-refractivity contribution in [3.05, 3.63) is 51.8 Å². The monoisotopic (exact) mass is 463 g/mol. The SMILES string of the molecule is Cc1nc(C2CN(C(=O)c3ccc(F)cc3OC3CNCC(F)C3)CC2=N)nc(C)c1Cl. The second-order valence-electron chi connectivity index (χ2n) is 8.20. The Bertz CT molecular complexity index is 1040. The zero-order chi connectivity index (χ0) is 23.0. The van der Waals surface area contributed by atoms with Gasteiger partial charge in [-0.3, -0.25) is 4.79 Å². The first-order chi connectivity index (χ1) is 15.2. The predicted molar refractivity (Wildman–Crippen MR) is 116 cm³/mol. The lowest BCUT2D eigenvalue weighted by atomic mass is 10.1. The summed E-state index contributed by atoms with van der Waals surface area (Å²) >= 11 is 6.16. The van der Waals surface area contributed by atoms with E-state index < -0.39 is 29.9 Å². The molecule has 0 bridgehead atoms. The van der Waals surface area contributed by atoms with E-state index in [1.807, 2.05) is 0 Å². The molecule has 2 fully saturated rings. The lowest BCUT2D eigenvalue weighted by Gasteiger charge is -2.27. The molecule has 0 radical (unpaired) electrons. The van der Waals surface area contributed by atoms with Gasteiger partial charge in [-0.15, -0.1) is 0 Å². The lowest BCUT2D eigenvalue weighted by Crippen LogP contribution is -2.43. The lowest BCUT2D eigenvalue weighted by molar-refractivity contribution is 0.0778. The largest absolute Gasteiger partial charge is 0.488 e. The van der Waals surface area contributed by atoms with Crippen molar-refractivity contribution in [3.8, 4) is 5.75 Å². The molecular formula is C22H24ClF2N5O2. The first kappa shape index (κ1) is 22.5. The highest BCUT2D eigenvalue weighted by Gasteiger charge is 2.36. The van der Waals surface area contributed by atoms with E-state index in [4.69, 9.17) is 21.7 Å². The Balaban J connectivity index is 1.55. The number of alkyl halides is 1. The number of benzene rings is 1. The number of carbonyl (C=O) groups excluding carboxylic acids is 1. The molecule has 4 rings (SSSR count). The van der Waals surface area contributed by atoms with Gasteiger partial charge in [-0.2, -0.15) is 0 Å². The van der Waals surface area contributed by atoms with E-state index in [9.17, 15) is 13.6 Å². The molecule has 3 unspecified atom stereocenters. The molecule has 0 saturated carbocycles. The Kier molecular flexibility index (Phi) is 6.39. The third kappa shape index (κ3) is 4.59. The van der Waals surface area contributed by atoms with Crippen LogP contribution in [0.4, 0.5) is 8.78 Å². The molecule has 2 N–H and O–H groups in total. The van der Waals surface area contributed by atoms with Crippen LogP contribution in [0.2, 0.25) is 5.02 Å². The minimum atomic E-state index is -1.06. The third-order valence-corrected chi connectivity index (χ3v) is 6.25. The molecule has 2 saturated heterocycles.